The largest absolute Gasteiger partial charge is 0.227 e. The average Bonchev–Trinajstić information content (AvgIpc) is 2.28. The van der Waals surface area contributed by atoms with Gasteiger partial charge in [-0.3, -0.25) is 0 Å². The number of piperidine rings is 1. The summed E-state index contributed by atoms with van der Waals surface area (Å²) in [4.78, 5) is 0. The van der Waals surface area contributed by atoms with E-state index in [1.807, 2.05) is 0 Å². The topological polar surface area (TPSA) is 61.2 Å². The van der Waals surface area contributed by atoms with E-state index < -0.39 is 10.0 Å². The van der Waals surface area contributed by atoms with Crippen molar-refractivity contribution in [1.29, 1.82) is 5.26 Å². The van der Waals surface area contributed by atoms with Crippen molar-refractivity contribution in [3.8, 4) is 6.07 Å². The van der Waals surface area contributed by atoms with Crippen molar-refractivity contribution in [2.24, 2.45) is 11.8 Å². The molecule has 2 rings (SSSR count). The quantitative estimate of drug-likeness (QED) is 0.734. The lowest BCUT2D eigenvalue weighted by Gasteiger charge is -2.40. The molecule has 90 valence electrons. The van der Waals surface area contributed by atoms with Crippen LogP contribution in [0.25, 0.3) is 0 Å². The summed E-state index contributed by atoms with van der Waals surface area (Å²) in [6, 6.07) is 1.75. The Morgan fingerprint density at radius 3 is 2.56 bits per heavy atom. The summed E-state index contributed by atoms with van der Waals surface area (Å²) in [6.45, 7) is 1.26. The Kier molecular flexibility index (Phi) is 3.50. The van der Waals surface area contributed by atoms with Crippen LogP contribution in [0.15, 0.2) is 0 Å². The van der Waals surface area contributed by atoms with Crippen molar-refractivity contribution in [2.75, 3.05) is 18.8 Å². The number of hydrogen-bond donors (Lipinski definition) is 0. The van der Waals surface area contributed by atoms with Crippen LogP contribution in [-0.4, -0.2) is 31.6 Å². The highest BCUT2D eigenvalue weighted by atomic mass is 32.2. The molecule has 0 amide bonds. The Morgan fingerprint density at radius 1 is 1.19 bits per heavy atom. The molecule has 1 saturated heterocycles. The van der Waals surface area contributed by atoms with Gasteiger partial charge in [0.1, 0.15) is 0 Å². The van der Waals surface area contributed by atoms with Gasteiger partial charge in [0.15, 0.2) is 5.75 Å². The first-order valence-electron chi connectivity index (χ1n) is 5.98. The van der Waals surface area contributed by atoms with Crippen molar-refractivity contribution in [2.45, 2.75) is 32.1 Å². The third-order valence-electron chi connectivity index (χ3n) is 3.89. The van der Waals surface area contributed by atoms with E-state index in [1.165, 1.54) is 23.6 Å². The van der Waals surface area contributed by atoms with Crippen LogP contribution in [0.3, 0.4) is 0 Å². The molecule has 2 fully saturated rings. The molecule has 1 saturated carbocycles. The van der Waals surface area contributed by atoms with Crippen LogP contribution in [0, 0.1) is 23.2 Å². The third-order valence-corrected chi connectivity index (χ3v) is 5.51. The molecule has 2 unspecified atom stereocenters. The fourth-order valence-electron chi connectivity index (χ4n) is 2.99. The minimum absolute atomic E-state index is 0.371. The van der Waals surface area contributed by atoms with Gasteiger partial charge in [0, 0.05) is 13.1 Å². The van der Waals surface area contributed by atoms with Gasteiger partial charge >= 0.3 is 0 Å². The summed E-state index contributed by atoms with van der Waals surface area (Å²) in [6.07, 6.45) is 5.93. The van der Waals surface area contributed by atoms with Gasteiger partial charge in [-0.05, 0) is 24.7 Å². The lowest BCUT2D eigenvalue weighted by molar-refractivity contribution is 0.136. The molecule has 0 spiro atoms. The summed E-state index contributed by atoms with van der Waals surface area (Å²) in [5.74, 6) is 0.892. The molecule has 1 aliphatic carbocycles. The lowest BCUT2D eigenvalue weighted by atomic mass is 9.76. The van der Waals surface area contributed by atoms with Gasteiger partial charge in [0.05, 0.1) is 6.07 Å². The van der Waals surface area contributed by atoms with Gasteiger partial charge in [0.2, 0.25) is 10.0 Å². The Bertz CT molecular complexity index is 385. The molecule has 1 heterocycles. The highest BCUT2D eigenvalue weighted by molar-refractivity contribution is 7.89. The third kappa shape index (κ3) is 2.38. The van der Waals surface area contributed by atoms with Crippen molar-refractivity contribution in [1.82, 2.24) is 4.31 Å². The number of nitrogens with zero attached hydrogens (tertiary/aromatic N) is 2. The van der Waals surface area contributed by atoms with Crippen LogP contribution < -0.4 is 0 Å². The molecule has 0 aromatic rings. The molecule has 0 N–H and O–H groups in total. The Morgan fingerprint density at radius 2 is 1.88 bits per heavy atom. The van der Waals surface area contributed by atoms with Crippen molar-refractivity contribution < 1.29 is 8.42 Å². The minimum atomic E-state index is -3.31. The van der Waals surface area contributed by atoms with Gasteiger partial charge in [-0.2, -0.15) is 5.26 Å². The number of nitriles is 1. The molecule has 2 atom stereocenters. The number of hydrogen-bond acceptors (Lipinski definition) is 3. The summed E-state index contributed by atoms with van der Waals surface area (Å²) >= 11 is 0. The molecule has 4 nitrogen and oxygen atoms in total. The highest BCUT2D eigenvalue weighted by Gasteiger charge is 2.35. The lowest BCUT2D eigenvalue weighted by Crippen LogP contribution is -2.45. The molecule has 2 aliphatic rings. The predicted molar refractivity (Wildman–Crippen MR) is 61.0 cm³/mol. The van der Waals surface area contributed by atoms with Gasteiger partial charge in [-0.15, -0.1) is 0 Å². The molecular weight excluding hydrogens is 224 g/mol. The smallest absolute Gasteiger partial charge is 0.211 e. The van der Waals surface area contributed by atoms with Gasteiger partial charge in [-0.1, -0.05) is 19.3 Å². The van der Waals surface area contributed by atoms with E-state index in [2.05, 4.69) is 0 Å². The van der Waals surface area contributed by atoms with Crippen LogP contribution in [0.1, 0.15) is 32.1 Å². The highest BCUT2D eigenvalue weighted by Crippen LogP contribution is 2.36. The summed E-state index contributed by atoms with van der Waals surface area (Å²) in [7, 11) is -3.31. The van der Waals surface area contributed by atoms with E-state index in [1.54, 1.807) is 6.07 Å². The Hall–Kier alpha value is -0.600. The Labute approximate surface area is 97.3 Å². The molecule has 0 aromatic carbocycles. The van der Waals surface area contributed by atoms with E-state index in [4.69, 9.17) is 5.26 Å². The summed E-state index contributed by atoms with van der Waals surface area (Å²) in [5.41, 5.74) is 0. The molecular formula is C11H18N2O2S. The van der Waals surface area contributed by atoms with E-state index in [0.29, 0.717) is 19.0 Å². The van der Waals surface area contributed by atoms with Crippen LogP contribution in [0.4, 0.5) is 0 Å². The molecule has 0 radical (unpaired) electrons. The zero-order valence-electron chi connectivity index (χ0n) is 9.43. The summed E-state index contributed by atoms with van der Waals surface area (Å²) in [5, 5.41) is 8.51. The maximum Gasteiger partial charge on any atom is 0.227 e. The van der Waals surface area contributed by atoms with Crippen LogP contribution in [-0.2, 0) is 10.0 Å². The number of sulfonamides is 1. The normalized spacial score (nSPS) is 31.7. The molecule has 5 heteroatoms. The first-order valence-corrected chi connectivity index (χ1v) is 7.59. The van der Waals surface area contributed by atoms with Crippen LogP contribution in [0.2, 0.25) is 0 Å². The fraction of sp³-hybridized carbons (Fsp3) is 0.909. The van der Waals surface area contributed by atoms with E-state index in [0.717, 1.165) is 18.8 Å². The van der Waals surface area contributed by atoms with E-state index >= 15 is 0 Å². The van der Waals surface area contributed by atoms with Gasteiger partial charge in [0.25, 0.3) is 0 Å². The standard InChI is InChI=1S/C11H18N2O2S/c12-6-8-16(14,15)13-7-5-10-3-1-2-4-11(10)9-13/h10-11H,1-5,7-9H2. The predicted octanol–water partition coefficient (Wildman–Crippen LogP) is 1.35. The van der Waals surface area contributed by atoms with Gasteiger partial charge < -0.3 is 0 Å². The van der Waals surface area contributed by atoms with Crippen LogP contribution >= 0.6 is 0 Å². The molecule has 1 aliphatic heterocycles. The first kappa shape index (κ1) is 11.9. The minimum Gasteiger partial charge on any atom is -0.211 e. The van der Waals surface area contributed by atoms with Gasteiger partial charge in [-0.25, -0.2) is 12.7 Å². The first-order chi connectivity index (χ1) is 7.63. The molecule has 0 aromatic heterocycles. The Balaban J connectivity index is 2.03. The monoisotopic (exact) mass is 242 g/mol. The van der Waals surface area contributed by atoms with Crippen molar-refractivity contribution in [3.05, 3.63) is 0 Å². The van der Waals surface area contributed by atoms with E-state index in [9.17, 15) is 8.42 Å². The second-order valence-corrected chi connectivity index (χ2v) is 6.83. The second-order valence-electron chi connectivity index (χ2n) is 4.87. The van der Waals surface area contributed by atoms with Crippen molar-refractivity contribution in [3.63, 3.8) is 0 Å². The molecule has 0 bridgehead atoms. The maximum absolute atomic E-state index is 11.8. The average molecular weight is 242 g/mol. The molecule has 16 heavy (non-hydrogen) atoms. The zero-order valence-corrected chi connectivity index (χ0v) is 10.2. The van der Waals surface area contributed by atoms with Crippen molar-refractivity contribution >= 4 is 10.0 Å². The number of fused-ring (bicyclic) bond motifs is 1. The number of rotatable bonds is 2. The van der Waals surface area contributed by atoms with E-state index in [-0.39, 0.29) is 5.75 Å². The fourth-order valence-corrected chi connectivity index (χ4v) is 4.14. The maximum atomic E-state index is 11.8. The SMILES string of the molecule is N#CCS(=O)(=O)N1CCC2CCCCC2C1. The zero-order chi connectivity index (χ0) is 11.6. The second kappa shape index (κ2) is 4.72. The van der Waals surface area contributed by atoms with Crippen LogP contribution in [0.5, 0.6) is 0 Å². The summed E-state index contributed by atoms with van der Waals surface area (Å²) < 4.78 is 25.1.